The predicted molar refractivity (Wildman–Crippen MR) is 172 cm³/mol. The fourth-order valence-electron chi connectivity index (χ4n) is 6.65. The van der Waals surface area contributed by atoms with E-state index in [-0.39, 0.29) is 0 Å². The average molecular weight is 522 g/mol. The van der Waals surface area contributed by atoms with Gasteiger partial charge in [0.15, 0.2) is 0 Å². The first-order chi connectivity index (χ1) is 20.4. The van der Waals surface area contributed by atoms with Gasteiger partial charge in [0.1, 0.15) is 0 Å². The summed E-state index contributed by atoms with van der Waals surface area (Å²) in [6, 6.07) is 47.4. The molecule has 9 aromatic rings. The molecule has 0 saturated heterocycles. The second-order valence-corrected chi connectivity index (χ2v) is 10.6. The van der Waals surface area contributed by atoms with E-state index in [4.69, 9.17) is 9.97 Å². The van der Waals surface area contributed by atoms with E-state index in [0.717, 1.165) is 44.1 Å². The fourth-order valence-corrected chi connectivity index (χ4v) is 6.65. The van der Waals surface area contributed by atoms with Crippen molar-refractivity contribution < 1.29 is 0 Å². The molecule has 0 amide bonds. The van der Waals surface area contributed by atoms with Crippen molar-refractivity contribution in [3.8, 4) is 16.9 Å². The normalized spacial score (nSPS) is 11.9. The summed E-state index contributed by atoms with van der Waals surface area (Å²) in [7, 11) is 0. The molecule has 0 aliphatic heterocycles. The number of para-hydroxylation sites is 2. The highest BCUT2D eigenvalue weighted by atomic mass is 15.0. The lowest BCUT2D eigenvalue weighted by atomic mass is 9.98. The van der Waals surface area contributed by atoms with Crippen LogP contribution in [0.15, 0.2) is 140 Å². The number of hydrogen-bond donors (Lipinski definition) is 0. The molecule has 3 nitrogen and oxygen atoms in total. The molecule has 0 fully saturated rings. The molecule has 0 saturated carbocycles. The van der Waals surface area contributed by atoms with Gasteiger partial charge in [-0.2, -0.15) is 0 Å². The zero-order chi connectivity index (χ0) is 26.9. The van der Waals surface area contributed by atoms with Crippen molar-refractivity contribution >= 4 is 65.2 Å². The molecule has 3 heteroatoms. The third kappa shape index (κ3) is 3.14. The first-order valence-corrected chi connectivity index (χ1v) is 13.9. The van der Waals surface area contributed by atoms with Crippen LogP contribution in [0, 0.1) is 0 Å². The number of benzene rings is 7. The molecular formula is C38H23N3. The first-order valence-electron chi connectivity index (χ1n) is 13.9. The highest BCUT2D eigenvalue weighted by Gasteiger charge is 2.16. The minimum absolute atomic E-state index is 0.878. The van der Waals surface area contributed by atoms with Gasteiger partial charge in [0.25, 0.3) is 0 Å². The van der Waals surface area contributed by atoms with Crippen LogP contribution in [-0.4, -0.2) is 14.5 Å². The Balaban J connectivity index is 1.34. The van der Waals surface area contributed by atoms with Gasteiger partial charge in [0, 0.05) is 32.5 Å². The maximum absolute atomic E-state index is 5.30. The quantitative estimate of drug-likeness (QED) is 0.212. The van der Waals surface area contributed by atoms with E-state index >= 15 is 0 Å². The van der Waals surface area contributed by atoms with Gasteiger partial charge in [-0.05, 0) is 34.4 Å². The average Bonchev–Trinajstić information content (AvgIpc) is 3.38. The van der Waals surface area contributed by atoms with Gasteiger partial charge in [-0.1, -0.05) is 115 Å². The topological polar surface area (TPSA) is 30.7 Å². The number of nitrogens with zero attached hydrogens (tertiary/aromatic N) is 3. The smallest absolute Gasteiger partial charge is 0.0979 e. The van der Waals surface area contributed by atoms with E-state index in [2.05, 4.69) is 138 Å². The molecule has 2 aromatic heterocycles. The third-order valence-electron chi connectivity index (χ3n) is 8.42. The highest BCUT2D eigenvalue weighted by Crippen LogP contribution is 2.38. The SMILES string of the molecule is c1cc(-n2c3ccccc3c3ccccc32)c2cccc(-c3cnc4c5ccccc5c5ccccc5c4n3)c2c1. The maximum atomic E-state index is 5.30. The van der Waals surface area contributed by atoms with Crippen LogP contribution in [0.2, 0.25) is 0 Å². The Morgan fingerprint density at radius 1 is 0.390 bits per heavy atom. The van der Waals surface area contributed by atoms with Crippen molar-refractivity contribution in [2.45, 2.75) is 0 Å². The van der Waals surface area contributed by atoms with Crippen LogP contribution >= 0.6 is 0 Å². The lowest BCUT2D eigenvalue weighted by molar-refractivity contribution is 1.20. The summed E-state index contributed by atoms with van der Waals surface area (Å²) in [5.74, 6) is 0. The van der Waals surface area contributed by atoms with E-state index in [1.54, 1.807) is 0 Å². The molecular weight excluding hydrogens is 498 g/mol. The van der Waals surface area contributed by atoms with Gasteiger partial charge in [-0.3, -0.25) is 4.98 Å². The van der Waals surface area contributed by atoms with Gasteiger partial charge in [-0.15, -0.1) is 0 Å². The maximum Gasteiger partial charge on any atom is 0.0979 e. The number of aromatic nitrogens is 3. The summed E-state index contributed by atoms with van der Waals surface area (Å²) >= 11 is 0. The third-order valence-corrected chi connectivity index (χ3v) is 8.42. The van der Waals surface area contributed by atoms with Gasteiger partial charge in [0.2, 0.25) is 0 Å². The molecule has 0 radical (unpaired) electrons. The summed E-state index contributed by atoms with van der Waals surface area (Å²) in [4.78, 5) is 10.3. The number of hydrogen-bond acceptors (Lipinski definition) is 2. The second kappa shape index (κ2) is 8.48. The van der Waals surface area contributed by atoms with Crippen molar-refractivity contribution in [1.82, 2.24) is 14.5 Å². The molecule has 0 N–H and O–H groups in total. The molecule has 0 bridgehead atoms. The van der Waals surface area contributed by atoms with Crippen molar-refractivity contribution in [3.63, 3.8) is 0 Å². The van der Waals surface area contributed by atoms with E-state index < -0.39 is 0 Å². The number of rotatable bonds is 2. The summed E-state index contributed by atoms with van der Waals surface area (Å²) in [5, 5.41) is 9.53. The van der Waals surface area contributed by atoms with Crippen LogP contribution < -0.4 is 0 Å². The van der Waals surface area contributed by atoms with E-state index in [1.165, 1.54) is 38.0 Å². The molecule has 0 spiro atoms. The van der Waals surface area contributed by atoms with Crippen LogP contribution in [0.5, 0.6) is 0 Å². The molecule has 9 rings (SSSR count). The predicted octanol–water partition coefficient (Wildman–Crippen LogP) is 9.85. The fraction of sp³-hybridized carbons (Fsp3) is 0. The monoisotopic (exact) mass is 521 g/mol. The van der Waals surface area contributed by atoms with E-state index in [0.29, 0.717) is 0 Å². The van der Waals surface area contributed by atoms with Crippen LogP contribution in [-0.2, 0) is 0 Å². The summed E-state index contributed by atoms with van der Waals surface area (Å²) in [6.45, 7) is 0. The van der Waals surface area contributed by atoms with Gasteiger partial charge in [-0.25, -0.2) is 4.98 Å². The standard InChI is InChI=1S/C38H23N3/c1-3-15-31-24(11-1)25-12-2-4-16-32(25)38-37(31)39-23-33(40-38)27-18-9-19-28-26(27)17-10-22-36(28)41-34-20-7-5-13-29(34)30-14-6-8-21-35(30)41/h1-23H. The van der Waals surface area contributed by atoms with Crippen LogP contribution in [0.3, 0.4) is 0 Å². The molecule has 41 heavy (non-hydrogen) atoms. The largest absolute Gasteiger partial charge is 0.309 e. The Kier molecular flexibility index (Phi) is 4.61. The molecule has 0 aliphatic carbocycles. The van der Waals surface area contributed by atoms with Crippen molar-refractivity contribution in [2.75, 3.05) is 0 Å². The zero-order valence-corrected chi connectivity index (χ0v) is 22.1. The Labute approximate surface area is 235 Å². The van der Waals surface area contributed by atoms with Crippen molar-refractivity contribution in [3.05, 3.63) is 140 Å². The van der Waals surface area contributed by atoms with E-state index in [1.807, 2.05) is 6.20 Å². The van der Waals surface area contributed by atoms with Gasteiger partial charge in [0.05, 0.1) is 39.6 Å². The lowest BCUT2D eigenvalue weighted by Gasteiger charge is -2.14. The van der Waals surface area contributed by atoms with Gasteiger partial charge < -0.3 is 4.57 Å². The highest BCUT2D eigenvalue weighted by molar-refractivity contribution is 6.23. The van der Waals surface area contributed by atoms with Gasteiger partial charge >= 0.3 is 0 Å². The Hall–Kier alpha value is -5.54. The Bertz CT molecular complexity index is 2400. The summed E-state index contributed by atoms with van der Waals surface area (Å²) in [5.41, 5.74) is 7.40. The molecule has 0 aliphatic rings. The van der Waals surface area contributed by atoms with Crippen molar-refractivity contribution in [2.24, 2.45) is 0 Å². The molecule has 190 valence electrons. The second-order valence-electron chi connectivity index (χ2n) is 10.6. The lowest BCUT2D eigenvalue weighted by Crippen LogP contribution is -1.96. The number of fused-ring (bicyclic) bond motifs is 10. The molecule has 0 atom stereocenters. The molecule has 0 unspecified atom stereocenters. The molecule has 7 aromatic carbocycles. The summed E-state index contributed by atoms with van der Waals surface area (Å²) < 4.78 is 2.39. The Morgan fingerprint density at radius 2 is 0.902 bits per heavy atom. The summed E-state index contributed by atoms with van der Waals surface area (Å²) in [6.07, 6.45) is 1.94. The molecule has 2 heterocycles. The van der Waals surface area contributed by atoms with Crippen molar-refractivity contribution in [1.29, 1.82) is 0 Å². The van der Waals surface area contributed by atoms with Crippen LogP contribution in [0.25, 0.3) is 82.1 Å². The minimum atomic E-state index is 0.878. The minimum Gasteiger partial charge on any atom is -0.309 e. The van der Waals surface area contributed by atoms with Crippen LogP contribution in [0.1, 0.15) is 0 Å². The van der Waals surface area contributed by atoms with E-state index in [9.17, 15) is 0 Å². The first kappa shape index (κ1) is 22.3. The Morgan fingerprint density at radius 3 is 1.59 bits per heavy atom. The zero-order valence-electron chi connectivity index (χ0n) is 22.1. The van der Waals surface area contributed by atoms with Crippen LogP contribution in [0.4, 0.5) is 0 Å².